The predicted octanol–water partition coefficient (Wildman–Crippen LogP) is 3.79. The van der Waals surface area contributed by atoms with E-state index in [0.29, 0.717) is 36.2 Å². The molecule has 1 unspecified atom stereocenters. The number of rotatable bonds is 6. The molecule has 30 heavy (non-hydrogen) atoms. The topological polar surface area (TPSA) is 93.3 Å². The van der Waals surface area contributed by atoms with Crippen molar-refractivity contribution in [2.45, 2.75) is 25.4 Å². The standard InChI is InChI=1S/C21H22FN3O4S/c1-23-30(26,27)29-15-6-3-13(4-7-15)19-12-18-16(9-10-24-21(18)25-19)17-11-14(22)5-8-20(17)28-2/h3,5,8-12,15,23H,4,6-7H2,1-2H3,(H,24,25). The number of ether oxygens (including phenoxy) is 1. The number of allylic oxidation sites excluding steroid dienone is 1. The first-order chi connectivity index (χ1) is 14.4. The maximum Gasteiger partial charge on any atom is 0.335 e. The highest BCUT2D eigenvalue weighted by atomic mass is 32.2. The van der Waals surface area contributed by atoms with E-state index < -0.39 is 10.3 Å². The lowest BCUT2D eigenvalue weighted by Crippen LogP contribution is -2.28. The van der Waals surface area contributed by atoms with Gasteiger partial charge in [-0.1, -0.05) is 6.08 Å². The Morgan fingerprint density at radius 2 is 2.07 bits per heavy atom. The Balaban J connectivity index is 1.67. The molecule has 7 nitrogen and oxygen atoms in total. The number of halogens is 1. The quantitative estimate of drug-likeness (QED) is 0.619. The second kappa shape index (κ2) is 8.17. The van der Waals surface area contributed by atoms with Crippen molar-refractivity contribution in [1.82, 2.24) is 14.7 Å². The number of aromatic amines is 1. The van der Waals surface area contributed by atoms with Gasteiger partial charge in [0.2, 0.25) is 0 Å². The summed E-state index contributed by atoms with van der Waals surface area (Å²) >= 11 is 0. The maximum atomic E-state index is 13.9. The number of nitrogens with one attached hydrogen (secondary N) is 2. The Hall–Kier alpha value is -2.75. The predicted molar refractivity (Wildman–Crippen MR) is 113 cm³/mol. The average Bonchev–Trinajstić information content (AvgIpc) is 3.18. The summed E-state index contributed by atoms with van der Waals surface area (Å²) in [5.74, 6) is 0.235. The van der Waals surface area contributed by atoms with Crippen molar-refractivity contribution in [2.75, 3.05) is 14.2 Å². The van der Waals surface area contributed by atoms with E-state index in [-0.39, 0.29) is 11.9 Å². The lowest BCUT2D eigenvalue weighted by Gasteiger charge is -2.21. The molecule has 1 aromatic carbocycles. The average molecular weight is 431 g/mol. The molecule has 0 saturated heterocycles. The maximum absolute atomic E-state index is 13.9. The van der Waals surface area contributed by atoms with Gasteiger partial charge in [-0.2, -0.15) is 13.1 Å². The number of nitrogens with zero attached hydrogens (tertiary/aromatic N) is 1. The Morgan fingerprint density at radius 1 is 1.23 bits per heavy atom. The number of hydrogen-bond donors (Lipinski definition) is 2. The molecule has 3 aromatic rings. The van der Waals surface area contributed by atoms with Crippen molar-refractivity contribution < 1.29 is 21.7 Å². The molecule has 0 amide bonds. The first kappa shape index (κ1) is 20.5. The Labute approximate surface area is 174 Å². The molecule has 2 aromatic heterocycles. The van der Waals surface area contributed by atoms with Gasteiger partial charge in [0.05, 0.1) is 13.2 Å². The van der Waals surface area contributed by atoms with Crippen molar-refractivity contribution in [2.24, 2.45) is 0 Å². The summed E-state index contributed by atoms with van der Waals surface area (Å²) in [5, 5.41) is 0.855. The molecule has 9 heteroatoms. The second-order valence-corrected chi connectivity index (χ2v) is 8.54. The third-order valence-corrected chi connectivity index (χ3v) is 6.23. The highest BCUT2D eigenvalue weighted by molar-refractivity contribution is 7.84. The minimum atomic E-state index is -3.71. The summed E-state index contributed by atoms with van der Waals surface area (Å²) in [6, 6.07) is 8.24. The minimum Gasteiger partial charge on any atom is -0.496 e. The third-order valence-electron chi connectivity index (χ3n) is 5.21. The SMILES string of the molecule is CNS(=O)(=O)OC1CC=C(c2cc3c(-c4cc(F)ccc4OC)ccnc3[nH]2)CC1. The van der Waals surface area contributed by atoms with E-state index in [0.717, 1.165) is 22.2 Å². The minimum absolute atomic E-state index is 0.343. The van der Waals surface area contributed by atoms with Crippen LogP contribution in [0.5, 0.6) is 5.75 Å². The van der Waals surface area contributed by atoms with Crippen molar-refractivity contribution in [1.29, 1.82) is 0 Å². The summed E-state index contributed by atoms with van der Waals surface area (Å²) in [5.41, 5.74) is 4.11. The first-order valence-corrected chi connectivity index (χ1v) is 10.9. The number of methoxy groups -OCH3 is 1. The van der Waals surface area contributed by atoms with Crippen LogP contribution in [0, 0.1) is 5.82 Å². The fourth-order valence-corrected chi connectivity index (χ4v) is 4.32. The molecule has 2 N–H and O–H groups in total. The van der Waals surface area contributed by atoms with Crippen molar-refractivity contribution in [3.8, 4) is 16.9 Å². The molecule has 4 rings (SSSR count). The Kier molecular flexibility index (Phi) is 5.59. The number of H-pyrrole nitrogens is 1. The molecule has 158 valence electrons. The number of fused-ring (bicyclic) bond motifs is 1. The van der Waals surface area contributed by atoms with Crippen molar-refractivity contribution >= 4 is 26.9 Å². The third kappa shape index (κ3) is 4.09. The number of hydrogen-bond acceptors (Lipinski definition) is 5. The van der Waals surface area contributed by atoms with Gasteiger partial charge in [0, 0.05) is 29.9 Å². The van der Waals surface area contributed by atoms with E-state index in [1.54, 1.807) is 19.4 Å². The van der Waals surface area contributed by atoms with Gasteiger partial charge in [-0.05, 0) is 60.7 Å². The van der Waals surface area contributed by atoms with E-state index in [4.69, 9.17) is 8.92 Å². The molecule has 1 aliphatic carbocycles. The van der Waals surface area contributed by atoms with Gasteiger partial charge in [-0.15, -0.1) is 0 Å². The van der Waals surface area contributed by atoms with Gasteiger partial charge < -0.3 is 9.72 Å². The summed E-state index contributed by atoms with van der Waals surface area (Å²) in [7, 11) is -0.833. The highest BCUT2D eigenvalue weighted by Crippen LogP contribution is 2.37. The van der Waals surface area contributed by atoms with Crippen LogP contribution in [0.2, 0.25) is 0 Å². The van der Waals surface area contributed by atoms with Gasteiger partial charge >= 0.3 is 10.3 Å². The van der Waals surface area contributed by atoms with Gasteiger partial charge in [-0.25, -0.2) is 9.37 Å². The first-order valence-electron chi connectivity index (χ1n) is 9.53. The smallest absolute Gasteiger partial charge is 0.335 e. The van der Waals surface area contributed by atoms with Crippen LogP contribution in [0.25, 0.3) is 27.7 Å². The molecule has 1 aliphatic rings. The molecule has 0 saturated carbocycles. The Morgan fingerprint density at radius 3 is 2.77 bits per heavy atom. The fourth-order valence-electron chi connectivity index (χ4n) is 3.69. The molecule has 2 heterocycles. The molecule has 0 aliphatic heterocycles. The molecule has 1 atom stereocenters. The monoisotopic (exact) mass is 431 g/mol. The second-order valence-electron chi connectivity index (χ2n) is 7.03. The van der Waals surface area contributed by atoms with Crippen LogP contribution < -0.4 is 9.46 Å². The van der Waals surface area contributed by atoms with E-state index in [1.807, 2.05) is 18.2 Å². The van der Waals surface area contributed by atoms with Crippen LogP contribution in [0.3, 0.4) is 0 Å². The van der Waals surface area contributed by atoms with Crippen LogP contribution >= 0.6 is 0 Å². The van der Waals surface area contributed by atoms with Gasteiger partial charge in [-0.3, -0.25) is 4.18 Å². The molecule has 0 bridgehead atoms. The van der Waals surface area contributed by atoms with Crippen LogP contribution in [-0.4, -0.2) is 38.6 Å². The van der Waals surface area contributed by atoms with E-state index in [9.17, 15) is 12.8 Å². The molecule has 0 radical (unpaired) electrons. The van der Waals surface area contributed by atoms with Crippen LogP contribution in [0.15, 0.2) is 42.6 Å². The van der Waals surface area contributed by atoms with Gasteiger partial charge in [0.25, 0.3) is 0 Å². The lowest BCUT2D eigenvalue weighted by molar-refractivity contribution is 0.197. The number of aromatic nitrogens is 2. The van der Waals surface area contributed by atoms with Crippen LogP contribution in [0.1, 0.15) is 25.0 Å². The zero-order chi connectivity index (χ0) is 21.3. The van der Waals surface area contributed by atoms with Crippen molar-refractivity contribution in [3.05, 3.63) is 54.1 Å². The van der Waals surface area contributed by atoms with Crippen LogP contribution in [-0.2, 0) is 14.5 Å². The normalized spacial score (nSPS) is 17.2. The summed E-state index contributed by atoms with van der Waals surface area (Å²) in [6.45, 7) is 0. The van der Waals surface area contributed by atoms with E-state index >= 15 is 0 Å². The summed E-state index contributed by atoms with van der Waals surface area (Å²) in [6.07, 6.45) is 5.00. The van der Waals surface area contributed by atoms with Gasteiger partial charge in [0.1, 0.15) is 17.2 Å². The number of pyridine rings is 1. The van der Waals surface area contributed by atoms with Gasteiger partial charge in [0.15, 0.2) is 0 Å². The summed E-state index contributed by atoms with van der Waals surface area (Å²) < 4.78 is 49.8. The number of benzene rings is 1. The van der Waals surface area contributed by atoms with Crippen LogP contribution in [0.4, 0.5) is 4.39 Å². The molecular weight excluding hydrogens is 409 g/mol. The summed E-state index contributed by atoms with van der Waals surface area (Å²) in [4.78, 5) is 7.72. The zero-order valence-corrected chi connectivity index (χ0v) is 17.4. The molecular formula is C21H22FN3O4S. The molecule has 0 fully saturated rings. The largest absolute Gasteiger partial charge is 0.496 e. The zero-order valence-electron chi connectivity index (χ0n) is 16.6. The Bertz CT molecular complexity index is 1220. The van der Waals surface area contributed by atoms with Crippen molar-refractivity contribution in [3.63, 3.8) is 0 Å². The van der Waals surface area contributed by atoms with E-state index in [2.05, 4.69) is 14.7 Å². The molecule has 0 spiro atoms. The van der Waals surface area contributed by atoms with E-state index in [1.165, 1.54) is 19.2 Å². The lowest BCUT2D eigenvalue weighted by atomic mass is 9.95. The fraction of sp³-hybridized carbons (Fsp3) is 0.286. The highest BCUT2D eigenvalue weighted by Gasteiger charge is 2.22.